The van der Waals surface area contributed by atoms with E-state index >= 15 is 0 Å². The van der Waals surface area contributed by atoms with Crippen LogP contribution in [0.5, 0.6) is 0 Å². The summed E-state index contributed by atoms with van der Waals surface area (Å²) in [5, 5.41) is 7.39. The summed E-state index contributed by atoms with van der Waals surface area (Å²) in [6.07, 6.45) is 3.47. The summed E-state index contributed by atoms with van der Waals surface area (Å²) in [5.74, 6) is 0.737. The van der Waals surface area contributed by atoms with E-state index in [1.54, 1.807) is 10.9 Å². The number of ketones is 1. The summed E-state index contributed by atoms with van der Waals surface area (Å²) >= 11 is 0. The summed E-state index contributed by atoms with van der Waals surface area (Å²) in [6, 6.07) is 1.81. The van der Waals surface area contributed by atoms with Gasteiger partial charge in [-0.2, -0.15) is 5.10 Å². The minimum atomic E-state index is 0.225. The molecule has 2 heterocycles. The highest BCUT2D eigenvalue weighted by Crippen LogP contribution is 2.15. The molecular formula is C11H17N3O. The lowest BCUT2D eigenvalue weighted by Crippen LogP contribution is -2.15. The smallest absolute Gasteiger partial charge is 0.181 e. The molecule has 1 N–H and O–H groups in total. The van der Waals surface area contributed by atoms with Crippen LogP contribution in [0.2, 0.25) is 0 Å². The molecule has 0 radical (unpaired) electrons. The first-order chi connectivity index (χ1) is 7.31. The molecule has 1 atom stereocenters. The Balaban J connectivity index is 2.00. The molecule has 1 unspecified atom stereocenters. The van der Waals surface area contributed by atoms with Crippen molar-refractivity contribution < 1.29 is 4.79 Å². The molecule has 1 fully saturated rings. The van der Waals surface area contributed by atoms with Gasteiger partial charge in [0.2, 0.25) is 0 Å². The third kappa shape index (κ3) is 2.26. The van der Waals surface area contributed by atoms with Crippen molar-refractivity contribution in [3.8, 4) is 0 Å². The van der Waals surface area contributed by atoms with Crippen molar-refractivity contribution in [3.05, 3.63) is 18.0 Å². The third-order valence-corrected chi connectivity index (χ3v) is 2.94. The van der Waals surface area contributed by atoms with Crippen LogP contribution in [0.1, 0.15) is 30.3 Å². The highest BCUT2D eigenvalue weighted by molar-refractivity contribution is 5.94. The number of nitrogens with one attached hydrogen (secondary N) is 1. The van der Waals surface area contributed by atoms with Gasteiger partial charge in [-0.05, 0) is 38.4 Å². The van der Waals surface area contributed by atoms with Crippen LogP contribution in [0.25, 0.3) is 0 Å². The number of aromatic nitrogens is 2. The van der Waals surface area contributed by atoms with Crippen molar-refractivity contribution in [1.82, 2.24) is 15.1 Å². The number of carbonyl (C=O) groups excluding carboxylic acids is 1. The van der Waals surface area contributed by atoms with Crippen LogP contribution in [0.3, 0.4) is 0 Å². The minimum absolute atomic E-state index is 0.225. The largest absolute Gasteiger partial charge is 0.316 e. The number of nitrogens with zero attached hydrogens (tertiary/aromatic N) is 2. The molecule has 4 nitrogen and oxygen atoms in total. The summed E-state index contributed by atoms with van der Waals surface area (Å²) < 4.78 is 1.77. The van der Waals surface area contributed by atoms with Gasteiger partial charge < -0.3 is 5.32 Å². The van der Waals surface area contributed by atoms with Crippen molar-refractivity contribution in [2.24, 2.45) is 5.92 Å². The molecule has 1 aliphatic heterocycles. The Morgan fingerprint density at radius 3 is 3.27 bits per heavy atom. The Hall–Kier alpha value is -1.16. The van der Waals surface area contributed by atoms with Gasteiger partial charge in [-0.3, -0.25) is 9.48 Å². The molecule has 0 spiro atoms. The van der Waals surface area contributed by atoms with Gasteiger partial charge in [-0.15, -0.1) is 0 Å². The highest BCUT2D eigenvalue weighted by atomic mass is 16.1. The van der Waals surface area contributed by atoms with Crippen molar-refractivity contribution >= 4 is 5.78 Å². The van der Waals surface area contributed by atoms with Gasteiger partial charge >= 0.3 is 0 Å². The predicted molar refractivity (Wildman–Crippen MR) is 57.8 cm³/mol. The van der Waals surface area contributed by atoms with E-state index in [-0.39, 0.29) is 5.78 Å². The fourth-order valence-electron chi connectivity index (χ4n) is 2.08. The second kappa shape index (κ2) is 4.57. The second-order valence-electron chi connectivity index (χ2n) is 4.02. The van der Waals surface area contributed by atoms with Gasteiger partial charge in [-0.1, -0.05) is 0 Å². The number of aryl methyl sites for hydroxylation is 1. The average molecular weight is 207 g/mol. The molecule has 0 aliphatic carbocycles. The Morgan fingerprint density at radius 1 is 1.73 bits per heavy atom. The zero-order valence-corrected chi connectivity index (χ0v) is 9.07. The second-order valence-corrected chi connectivity index (χ2v) is 4.02. The molecule has 1 aromatic heterocycles. The van der Waals surface area contributed by atoms with Crippen LogP contribution in [0.15, 0.2) is 12.3 Å². The molecule has 82 valence electrons. The first kappa shape index (κ1) is 10.4. The van der Waals surface area contributed by atoms with Crippen LogP contribution in [0.4, 0.5) is 0 Å². The van der Waals surface area contributed by atoms with E-state index in [4.69, 9.17) is 0 Å². The molecule has 2 rings (SSSR count). The van der Waals surface area contributed by atoms with Crippen LogP contribution >= 0.6 is 0 Å². The Labute approximate surface area is 89.7 Å². The van der Waals surface area contributed by atoms with E-state index in [9.17, 15) is 4.79 Å². The quantitative estimate of drug-likeness (QED) is 0.752. The predicted octanol–water partition coefficient (Wildman–Crippen LogP) is 1.09. The third-order valence-electron chi connectivity index (χ3n) is 2.94. The van der Waals surface area contributed by atoms with Gasteiger partial charge in [0.25, 0.3) is 0 Å². The fraction of sp³-hybridized carbons (Fsp3) is 0.636. The monoisotopic (exact) mass is 207 g/mol. The first-order valence-corrected chi connectivity index (χ1v) is 5.57. The Kier molecular flexibility index (Phi) is 3.16. The van der Waals surface area contributed by atoms with E-state index in [1.807, 2.05) is 13.0 Å². The van der Waals surface area contributed by atoms with Gasteiger partial charge in [0.15, 0.2) is 5.78 Å². The molecule has 0 saturated carbocycles. The number of carbonyl (C=O) groups is 1. The van der Waals surface area contributed by atoms with Crippen molar-refractivity contribution in [2.75, 3.05) is 13.1 Å². The maximum absolute atomic E-state index is 12.0. The minimum Gasteiger partial charge on any atom is -0.316 e. The van der Waals surface area contributed by atoms with Crippen molar-refractivity contribution in [1.29, 1.82) is 0 Å². The van der Waals surface area contributed by atoms with E-state index in [0.717, 1.165) is 31.7 Å². The summed E-state index contributed by atoms with van der Waals surface area (Å²) in [6.45, 7) is 4.79. The molecule has 1 aliphatic rings. The molecule has 0 amide bonds. The summed E-state index contributed by atoms with van der Waals surface area (Å²) in [7, 11) is 0. The SMILES string of the molecule is CCn1nccc1C(=O)CC1CCNC1. The van der Waals surface area contributed by atoms with E-state index in [0.29, 0.717) is 12.3 Å². The molecule has 1 saturated heterocycles. The molecule has 15 heavy (non-hydrogen) atoms. The van der Waals surface area contributed by atoms with E-state index in [2.05, 4.69) is 10.4 Å². The van der Waals surface area contributed by atoms with Gasteiger partial charge in [0.1, 0.15) is 5.69 Å². The normalized spacial score (nSPS) is 20.7. The fourth-order valence-corrected chi connectivity index (χ4v) is 2.08. The lowest BCUT2D eigenvalue weighted by molar-refractivity contribution is 0.0954. The van der Waals surface area contributed by atoms with Crippen LogP contribution < -0.4 is 5.32 Å². The molecule has 1 aromatic rings. The summed E-state index contributed by atoms with van der Waals surface area (Å²) in [5.41, 5.74) is 0.754. The standard InChI is InChI=1S/C11H17N3O/c1-2-14-10(4-6-13-14)11(15)7-9-3-5-12-8-9/h4,6,9,12H,2-3,5,7-8H2,1H3. The van der Waals surface area contributed by atoms with E-state index in [1.165, 1.54) is 0 Å². The van der Waals surface area contributed by atoms with Gasteiger partial charge in [0, 0.05) is 19.2 Å². The number of hydrogen-bond acceptors (Lipinski definition) is 3. The van der Waals surface area contributed by atoms with Crippen molar-refractivity contribution in [2.45, 2.75) is 26.3 Å². The Bertz CT molecular complexity index is 339. The topological polar surface area (TPSA) is 46.9 Å². The molecule has 0 bridgehead atoms. The van der Waals surface area contributed by atoms with E-state index < -0.39 is 0 Å². The maximum Gasteiger partial charge on any atom is 0.181 e. The molecular weight excluding hydrogens is 190 g/mol. The lowest BCUT2D eigenvalue weighted by Gasteiger charge is -2.07. The zero-order chi connectivity index (χ0) is 10.7. The van der Waals surface area contributed by atoms with Gasteiger partial charge in [-0.25, -0.2) is 0 Å². The molecule has 0 aromatic carbocycles. The molecule has 4 heteroatoms. The number of Topliss-reactive ketones (excluding diaryl/α,β-unsaturated/α-hetero) is 1. The maximum atomic E-state index is 12.0. The highest BCUT2D eigenvalue weighted by Gasteiger charge is 2.20. The van der Waals surface area contributed by atoms with Crippen molar-refractivity contribution in [3.63, 3.8) is 0 Å². The average Bonchev–Trinajstić information content (AvgIpc) is 2.86. The first-order valence-electron chi connectivity index (χ1n) is 5.57. The number of rotatable bonds is 4. The summed E-state index contributed by atoms with van der Waals surface area (Å²) in [4.78, 5) is 12.0. The lowest BCUT2D eigenvalue weighted by atomic mass is 10.0. The number of hydrogen-bond donors (Lipinski definition) is 1. The zero-order valence-electron chi connectivity index (χ0n) is 9.07. The Morgan fingerprint density at radius 2 is 2.60 bits per heavy atom. The van der Waals surface area contributed by atoms with Gasteiger partial charge in [0.05, 0.1) is 0 Å². The van der Waals surface area contributed by atoms with Crippen LogP contribution in [0, 0.1) is 5.92 Å². The van der Waals surface area contributed by atoms with Crippen LogP contribution in [-0.4, -0.2) is 28.7 Å². The van der Waals surface area contributed by atoms with Crippen LogP contribution in [-0.2, 0) is 6.54 Å².